The summed E-state index contributed by atoms with van der Waals surface area (Å²) in [5, 5.41) is 14.6. The summed E-state index contributed by atoms with van der Waals surface area (Å²) in [6, 6.07) is 4.64. The van der Waals surface area contributed by atoms with Crippen molar-refractivity contribution < 1.29 is 4.92 Å². The number of halogens is 1. The van der Waals surface area contributed by atoms with Crippen molar-refractivity contribution in [2.45, 2.75) is 19.4 Å². The van der Waals surface area contributed by atoms with Gasteiger partial charge >= 0.3 is 0 Å². The Bertz CT molecular complexity index is 402. The van der Waals surface area contributed by atoms with E-state index in [0.717, 1.165) is 25.1 Å². The van der Waals surface area contributed by atoms with Gasteiger partial charge in [-0.25, -0.2) is 0 Å². The third-order valence-corrected chi connectivity index (χ3v) is 3.44. The second-order valence-corrected chi connectivity index (χ2v) is 5.33. The fraction of sp³-hybridized carbons (Fsp3) is 0.500. The van der Waals surface area contributed by atoms with Crippen LogP contribution >= 0.6 is 23.4 Å². The molecule has 0 saturated heterocycles. The molecule has 1 aromatic rings. The van der Waals surface area contributed by atoms with Crippen molar-refractivity contribution in [3.8, 4) is 0 Å². The molecule has 18 heavy (non-hydrogen) atoms. The van der Waals surface area contributed by atoms with Crippen LogP contribution < -0.4 is 5.32 Å². The van der Waals surface area contributed by atoms with Crippen molar-refractivity contribution >= 4 is 29.1 Å². The molecule has 0 fully saturated rings. The van der Waals surface area contributed by atoms with Gasteiger partial charge in [0.1, 0.15) is 0 Å². The van der Waals surface area contributed by atoms with E-state index in [1.54, 1.807) is 12.1 Å². The average molecular weight is 289 g/mol. The second kappa shape index (κ2) is 8.34. The topological polar surface area (TPSA) is 55.2 Å². The van der Waals surface area contributed by atoms with Crippen molar-refractivity contribution in [3.63, 3.8) is 0 Å². The molecule has 0 heterocycles. The van der Waals surface area contributed by atoms with Crippen LogP contribution in [0.1, 0.15) is 18.4 Å². The fourth-order valence-corrected chi connectivity index (χ4v) is 2.28. The zero-order valence-electron chi connectivity index (χ0n) is 10.3. The highest BCUT2D eigenvalue weighted by atomic mass is 35.5. The van der Waals surface area contributed by atoms with Gasteiger partial charge in [-0.05, 0) is 43.5 Å². The van der Waals surface area contributed by atoms with E-state index in [1.807, 2.05) is 11.8 Å². The lowest BCUT2D eigenvalue weighted by Crippen LogP contribution is -2.15. The van der Waals surface area contributed by atoms with Crippen molar-refractivity contribution in [2.24, 2.45) is 0 Å². The van der Waals surface area contributed by atoms with Crippen molar-refractivity contribution in [3.05, 3.63) is 38.9 Å². The first kappa shape index (κ1) is 15.3. The zero-order chi connectivity index (χ0) is 13.4. The van der Waals surface area contributed by atoms with Crippen LogP contribution in [0.25, 0.3) is 0 Å². The molecule has 1 aromatic carbocycles. The van der Waals surface area contributed by atoms with E-state index >= 15 is 0 Å². The van der Waals surface area contributed by atoms with Crippen LogP contribution in [-0.2, 0) is 6.54 Å². The number of nitrogens with one attached hydrogen (secondary N) is 1. The van der Waals surface area contributed by atoms with Crippen LogP contribution in [0.2, 0.25) is 5.02 Å². The molecular weight excluding hydrogens is 272 g/mol. The number of nitro benzene ring substituents is 1. The summed E-state index contributed by atoms with van der Waals surface area (Å²) in [4.78, 5) is 10.5. The molecule has 0 aromatic heterocycles. The third kappa shape index (κ3) is 5.25. The van der Waals surface area contributed by atoms with Crippen molar-refractivity contribution in [1.82, 2.24) is 5.32 Å². The van der Waals surface area contributed by atoms with Crippen LogP contribution in [0, 0.1) is 10.1 Å². The minimum absolute atomic E-state index is 0.121. The highest BCUT2D eigenvalue weighted by Crippen LogP contribution is 2.22. The van der Waals surface area contributed by atoms with E-state index in [0.29, 0.717) is 17.1 Å². The molecule has 100 valence electrons. The first-order valence-electron chi connectivity index (χ1n) is 5.77. The van der Waals surface area contributed by atoms with Crippen molar-refractivity contribution in [1.29, 1.82) is 0 Å². The maximum absolute atomic E-state index is 10.8. The maximum atomic E-state index is 10.8. The molecule has 0 aliphatic carbocycles. The number of hydrogen-bond acceptors (Lipinski definition) is 4. The Hall–Kier alpha value is -0.780. The molecule has 0 bridgehead atoms. The lowest BCUT2D eigenvalue weighted by Gasteiger charge is -2.06. The number of nitro groups is 1. The summed E-state index contributed by atoms with van der Waals surface area (Å²) in [5.74, 6) is 1.15. The van der Waals surface area contributed by atoms with Gasteiger partial charge in [0, 0.05) is 23.2 Å². The van der Waals surface area contributed by atoms with Gasteiger partial charge < -0.3 is 5.32 Å². The van der Waals surface area contributed by atoms with Crippen LogP contribution in [0.4, 0.5) is 5.69 Å². The lowest BCUT2D eigenvalue weighted by molar-refractivity contribution is -0.385. The van der Waals surface area contributed by atoms with Crippen LogP contribution in [0.5, 0.6) is 0 Å². The SMILES string of the molecule is CSCCCCNCc1cc(Cl)ccc1[N+](=O)[O-]. The van der Waals surface area contributed by atoms with E-state index in [2.05, 4.69) is 11.6 Å². The number of hydrogen-bond donors (Lipinski definition) is 1. The molecule has 0 unspecified atom stereocenters. The molecule has 0 aliphatic heterocycles. The zero-order valence-corrected chi connectivity index (χ0v) is 11.9. The molecule has 4 nitrogen and oxygen atoms in total. The van der Waals surface area contributed by atoms with E-state index in [4.69, 9.17) is 11.6 Å². The fourth-order valence-electron chi connectivity index (χ4n) is 1.59. The van der Waals surface area contributed by atoms with Crippen molar-refractivity contribution in [2.75, 3.05) is 18.6 Å². The van der Waals surface area contributed by atoms with E-state index in [-0.39, 0.29) is 10.6 Å². The summed E-state index contributed by atoms with van der Waals surface area (Å²) in [6.07, 6.45) is 4.32. The summed E-state index contributed by atoms with van der Waals surface area (Å²) in [6.45, 7) is 1.35. The minimum atomic E-state index is -0.374. The van der Waals surface area contributed by atoms with Gasteiger partial charge in [-0.2, -0.15) is 11.8 Å². The quantitative estimate of drug-likeness (QED) is 0.452. The summed E-state index contributed by atoms with van der Waals surface area (Å²) in [5.41, 5.74) is 0.758. The third-order valence-electron chi connectivity index (χ3n) is 2.51. The lowest BCUT2D eigenvalue weighted by atomic mass is 10.2. The first-order valence-corrected chi connectivity index (χ1v) is 7.55. The summed E-state index contributed by atoms with van der Waals surface area (Å²) in [7, 11) is 0. The highest BCUT2D eigenvalue weighted by molar-refractivity contribution is 7.98. The largest absolute Gasteiger partial charge is 0.312 e. The summed E-state index contributed by atoms with van der Waals surface area (Å²) >= 11 is 7.68. The number of unbranched alkanes of at least 4 members (excludes halogenated alkanes) is 1. The molecule has 1 rings (SSSR count). The Morgan fingerprint density at radius 1 is 1.44 bits per heavy atom. The Kier molecular flexibility index (Phi) is 7.08. The molecule has 1 N–H and O–H groups in total. The normalized spacial score (nSPS) is 10.6. The minimum Gasteiger partial charge on any atom is -0.312 e. The smallest absolute Gasteiger partial charge is 0.273 e. The molecule has 0 radical (unpaired) electrons. The molecule has 6 heteroatoms. The predicted molar refractivity (Wildman–Crippen MR) is 77.4 cm³/mol. The average Bonchev–Trinajstić information content (AvgIpc) is 2.33. The number of benzene rings is 1. The van der Waals surface area contributed by atoms with Gasteiger partial charge in [-0.15, -0.1) is 0 Å². The molecule has 0 saturated carbocycles. The van der Waals surface area contributed by atoms with E-state index in [1.165, 1.54) is 6.07 Å². The molecule has 0 amide bonds. The Labute approximate surface area is 116 Å². The highest BCUT2D eigenvalue weighted by Gasteiger charge is 2.12. The van der Waals surface area contributed by atoms with Gasteiger partial charge in [0.2, 0.25) is 0 Å². The Balaban J connectivity index is 2.45. The van der Waals surface area contributed by atoms with Crippen LogP contribution in [0.3, 0.4) is 0 Å². The maximum Gasteiger partial charge on any atom is 0.273 e. The van der Waals surface area contributed by atoms with Gasteiger partial charge in [-0.3, -0.25) is 10.1 Å². The first-order chi connectivity index (χ1) is 8.65. The van der Waals surface area contributed by atoms with Gasteiger partial charge in [0.05, 0.1) is 4.92 Å². The number of nitrogens with zero attached hydrogens (tertiary/aromatic N) is 1. The van der Waals surface area contributed by atoms with Gasteiger partial charge in [0.15, 0.2) is 0 Å². The van der Waals surface area contributed by atoms with Gasteiger partial charge in [0.25, 0.3) is 5.69 Å². The standard InChI is InChI=1S/C12H17ClN2O2S/c1-18-7-3-2-6-14-9-10-8-11(13)4-5-12(10)15(16)17/h4-5,8,14H,2-3,6-7,9H2,1H3. The summed E-state index contributed by atoms with van der Waals surface area (Å²) < 4.78 is 0. The molecule has 0 atom stereocenters. The number of thioether (sulfide) groups is 1. The second-order valence-electron chi connectivity index (χ2n) is 3.91. The van der Waals surface area contributed by atoms with E-state index in [9.17, 15) is 10.1 Å². The van der Waals surface area contributed by atoms with Crippen LogP contribution in [0.15, 0.2) is 18.2 Å². The van der Waals surface area contributed by atoms with Crippen LogP contribution in [-0.4, -0.2) is 23.5 Å². The van der Waals surface area contributed by atoms with Gasteiger partial charge in [-0.1, -0.05) is 11.6 Å². The Morgan fingerprint density at radius 3 is 2.89 bits per heavy atom. The molecule has 0 spiro atoms. The van der Waals surface area contributed by atoms with E-state index < -0.39 is 0 Å². The molecular formula is C12H17ClN2O2S. The molecule has 0 aliphatic rings. The predicted octanol–water partition coefficient (Wildman–Crippen LogP) is 3.48. The number of rotatable bonds is 8. The monoisotopic (exact) mass is 288 g/mol. The Morgan fingerprint density at radius 2 is 2.22 bits per heavy atom.